The second kappa shape index (κ2) is 6.12. The number of carbonyl (C=O) groups is 1. The van der Waals surface area contributed by atoms with Gasteiger partial charge in [-0.05, 0) is 49.6 Å². The molecule has 4 nitrogen and oxygen atoms in total. The minimum Gasteiger partial charge on any atom is -0.320 e. The molecule has 0 saturated carbocycles. The number of rotatable bonds is 3. The Bertz CT molecular complexity index is 965. The Balaban J connectivity index is 1.73. The molecule has 0 bridgehead atoms. The van der Waals surface area contributed by atoms with Gasteiger partial charge in [-0.25, -0.2) is 13.5 Å². The highest BCUT2D eigenvalue weighted by atomic mass is 19.1. The molecule has 0 aliphatic heterocycles. The lowest BCUT2D eigenvalue weighted by Crippen LogP contribution is -2.15. The maximum atomic E-state index is 14.1. The van der Waals surface area contributed by atoms with Crippen molar-refractivity contribution in [2.45, 2.75) is 19.3 Å². The summed E-state index contributed by atoms with van der Waals surface area (Å²) < 4.78 is 29.0. The molecule has 1 N–H and O–H groups in total. The van der Waals surface area contributed by atoms with Crippen molar-refractivity contribution in [2.75, 3.05) is 5.32 Å². The van der Waals surface area contributed by atoms with Crippen LogP contribution >= 0.6 is 0 Å². The Morgan fingerprint density at radius 2 is 1.92 bits per heavy atom. The molecule has 126 valence electrons. The van der Waals surface area contributed by atoms with E-state index >= 15 is 0 Å². The van der Waals surface area contributed by atoms with Crippen molar-refractivity contribution in [2.24, 2.45) is 0 Å². The molecule has 0 atom stereocenters. The molecule has 3 aromatic rings. The van der Waals surface area contributed by atoms with E-state index in [9.17, 15) is 13.6 Å². The third kappa shape index (κ3) is 2.80. The number of anilines is 1. The van der Waals surface area contributed by atoms with Gasteiger partial charge in [-0.3, -0.25) is 4.79 Å². The summed E-state index contributed by atoms with van der Waals surface area (Å²) in [6, 6.07) is 12.0. The topological polar surface area (TPSA) is 46.9 Å². The van der Waals surface area contributed by atoms with E-state index in [2.05, 4.69) is 10.4 Å². The molecule has 2 aromatic carbocycles. The molecular formula is C19H15F2N3O. The summed E-state index contributed by atoms with van der Waals surface area (Å²) in [6.45, 7) is 0. The van der Waals surface area contributed by atoms with Gasteiger partial charge >= 0.3 is 0 Å². The van der Waals surface area contributed by atoms with E-state index < -0.39 is 17.5 Å². The van der Waals surface area contributed by atoms with Crippen LogP contribution in [0.15, 0.2) is 48.5 Å². The molecule has 1 aromatic heterocycles. The van der Waals surface area contributed by atoms with Gasteiger partial charge in [0, 0.05) is 16.9 Å². The van der Waals surface area contributed by atoms with E-state index in [-0.39, 0.29) is 5.69 Å². The van der Waals surface area contributed by atoms with Gasteiger partial charge in [-0.1, -0.05) is 18.2 Å². The first-order chi connectivity index (χ1) is 12.1. The zero-order valence-electron chi connectivity index (χ0n) is 13.3. The van der Waals surface area contributed by atoms with Crippen LogP contribution in [0.5, 0.6) is 0 Å². The lowest BCUT2D eigenvalue weighted by atomic mass is 10.2. The Hall–Kier alpha value is -3.02. The predicted octanol–water partition coefficient (Wildman–Crippen LogP) is 3.89. The van der Waals surface area contributed by atoms with E-state index in [1.165, 1.54) is 28.9 Å². The lowest BCUT2D eigenvalue weighted by Gasteiger charge is -2.06. The Labute approximate surface area is 143 Å². The number of hydrogen-bond acceptors (Lipinski definition) is 2. The zero-order chi connectivity index (χ0) is 17.4. The van der Waals surface area contributed by atoms with Crippen molar-refractivity contribution in [1.82, 2.24) is 9.78 Å². The number of hydrogen-bond donors (Lipinski definition) is 1. The van der Waals surface area contributed by atoms with Gasteiger partial charge in [-0.15, -0.1) is 0 Å². The second-order valence-corrected chi connectivity index (χ2v) is 5.96. The first kappa shape index (κ1) is 15.5. The Morgan fingerprint density at radius 3 is 2.72 bits per heavy atom. The van der Waals surface area contributed by atoms with Crippen LogP contribution in [0, 0.1) is 11.6 Å². The maximum Gasteiger partial charge on any atom is 0.276 e. The van der Waals surface area contributed by atoms with Gasteiger partial charge in [0.2, 0.25) is 0 Å². The van der Waals surface area contributed by atoms with Crippen molar-refractivity contribution < 1.29 is 13.6 Å². The average molecular weight is 339 g/mol. The van der Waals surface area contributed by atoms with Crippen LogP contribution in [0.1, 0.15) is 28.2 Å². The van der Waals surface area contributed by atoms with Gasteiger partial charge in [0.1, 0.15) is 17.3 Å². The molecule has 4 rings (SSSR count). The average Bonchev–Trinajstić information content (AvgIpc) is 3.18. The standard InChI is InChI=1S/C19H15F2N3O/c20-12-5-3-6-13(11-12)22-19(25)18-14-7-4-10-16(14)24(23-18)17-9-2-1-8-15(17)21/h1-3,5-6,8-9,11H,4,7,10H2,(H,22,25). The molecule has 0 radical (unpaired) electrons. The van der Waals surface area contributed by atoms with Crippen LogP contribution in [0.25, 0.3) is 5.69 Å². The molecule has 0 fully saturated rings. The predicted molar refractivity (Wildman–Crippen MR) is 89.9 cm³/mol. The molecule has 0 spiro atoms. The van der Waals surface area contributed by atoms with E-state index in [4.69, 9.17) is 0 Å². The van der Waals surface area contributed by atoms with Crippen LogP contribution in [0.4, 0.5) is 14.5 Å². The quantitative estimate of drug-likeness (QED) is 0.787. The highest BCUT2D eigenvalue weighted by Gasteiger charge is 2.27. The van der Waals surface area contributed by atoms with Crippen LogP contribution < -0.4 is 5.32 Å². The van der Waals surface area contributed by atoms with Crippen LogP contribution in [-0.4, -0.2) is 15.7 Å². The minimum absolute atomic E-state index is 0.264. The second-order valence-electron chi connectivity index (χ2n) is 5.96. The Morgan fingerprint density at radius 1 is 1.08 bits per heavy atom. The van der Waals surface area contributed by atoms with Gasteiger partial charge in [0.05, 0.1) is 0 Å². The number of amides is 1. The van der Waals surface area contributed by atoms with E-state index in [1.54, 1.807) is 24.3 Å². The number of benzene rings is 2. The Kier molecular flexibility index (Phi) is 3.80. The molecule has 6 heteroatoms. The summed E-state index contributed by atoms with van der Waals surface area (Å²) in [7, 11) is 0. The first-order valence-corrected chi connectivity index (χ1v) is 8.06. The maximum absolute atomic E-state index is 14.1. The molecule has 1 amide bonds. The van der Waals surface area contributed by atoms with E-state index in [0.29, 0.717) is 11.4 Å². The SMILES string of the molecule is O=C(Nc1cccc(F)c1)c1nn(-c2ccccc2F)c2c1CCC2. The fourth-order valence-corrected chi connectivity index (χ4v) is 3.20. The summed E-state index contributed by atoms with van der Waals surface area (Å²) in [5.74, 6) is -1.24. The highest BCUT2D eigenvalue weighted by molar-refractivity contribution is 6.04. The van der Waals surface area contributed by atoms with Crippen molar-refractivity contribution in [1.29, 1.82) is 0 Å². The fourth-order valence-electron chi connectivity index (χ4n) is 3.20. The summed E-state index contributed by atoms with van der Waals surface area (Å²) >= 11 is 0. The molecular weight excluding hydrogens is 324 g/mol. The van der Waals surface area contributed by atoms with Crippen molar-refractivity contribution >= 4 is 11.6 Å². The molecule has 0 saturated heterocycles. The lowest BCUT2D eigenvalue weighted by molar-refractivity contribution is 0.102. The normalized spacial score (nSPS) is 12.9. The van der Waals surface area contributed by atoms with Gasteiger partial charge in [0.25, 0.3) is 5.91 Å². The smallest absolute Gasteiger partial charge is 0.276 e. The largest absolute Gasteiger partial charge is 0.320 e. The summed E-state index contributed by atoms with van der Waals surface area (Å²) in [5, 5.41) is 7.01. The van der Waals surface area contributed by atoms with Gasteiger partial charge in [0.15, 0.2) is 5.69 Å². The monoisotopic (exact) mass is 339 g/mol. The van der Waals surface area contributed by atoms with Gasteiger partial charge < -0.3 is 5.32 Å². The van der Waals surface area contributed by atoms with E-state index in [1.807, 2.05) is 0 Å². The molecule has 25 heavy (non-hydrogen) atoms. The van der Waals surface area contributed by atoms with Crippen LogP contribution in [-0.2, 0) is 12.8 Å². The van der Waals surface area contributed by atoms with Crippen LogP contribution in [0.2, 0.25) is 0 Å². The number of fused-ring (bicyclic) bond motifs is 1. The van der Waals surface area contributed by atoms with E-state index in [0.717, 1.165) is 30.5 Å². The number of nitrogens with one attached hydrogen (secondary N) is 1. The molecule has 1 heterocycles. The summed E-state index contributed by atoms with van der Waals surface area (Å²) in [4.78, 5) is 12.6. The summed E-state index contributed by atoms with van der Waals surface area (Å²) in [6.07, 6.45) is 2.35. The van der Waals surface area contributed by atoms with Crippen molar-refractivity contribution in [3.05, 3.63) is 77.1 Å². The van der Waals surface area contributed by atoms with Crippen LogP contribution in [0.3, 0.4) is 0 Å². The first-order valence-electron chi connectivity index (χ1n) is 8.06. The molecule has 1 aliphatic carbocycles. The molecule has 0 unspecified atom stereocenters. The number of aromatic nitrogens is 2. The summed E-state index contributed by atoms with van der Waals surface area (Å²) in [5.41, 5.74) is 2.63. The molecule has 1 aliphatic rings. The number of para-hydroxylation sites is 1. The minimum atomic E-state index is -0.431. The van der Waals surface area contributed by atoms with Crippen molar-refractivity contribution in [3.63, 3.8) is 0 Å². The number of carbonyl (C=O) groups excluding carboxylic acids is 1. The third-order valence-corrected chi connectivity index (χ3v) is 4.31. The number of nitrogens with zero attached hydrogens (tertiary/aromatic N) is 2. The zero-order valence-corrected chi connectivity index (χ0v) is 13.3. The number of halogens is 2. The van der Waals surface area contributed by atoms with Crippen molar-refractivity contribution in [3.8, 4) is 5.69 Å². The third-order valence-electron chi connectivity index (χ3n) is 4.31. The van der Waals surface area contributed by atoms with Gasteiger partial charge in [-0.2, -0.15) is 5.10 Å². The highest BCUT2D eigenvalue weighted by Crippen LogP contribution is 2.29. The fraction of sp³-hybridized carbons (Fsp3) is 0.158.